The Balaban J connectivity index is 2.78. The van der Waals surface area contributed by atoms with Gasteiger partial charge < -0.3 is 10.4 Å². The summed E-state index contributed by atoms with van der Waals surface area (Å²) >= 11 is 11.8. The van der Waals surface area contributed by atoms with E-state index in [0.29, 0.717) is 10.0 Å². The molecule has 16 heavy (non-hydrogen) atoms. The van der Waals surface area contributed by atoms with Crippen molar-refractivity contribution in [2.24, 2.45) is 0 Å². The lowest BCUT2D eigenvalue weighted by Gasteiger charge is -2.17. The molecule has 0 bridgehead atoms. The van der Waals surface area contributed by atoms with Gasteiger partial charge in [0.05, 0.1) is 10.0 Å². The summed E-state index contributed by atoms with van der Waals surface area (Å²) in [5.41, 5.74) is 1.12. The number of rotatable bonds is 6. The van der Waals surface area contributed by atoms with E-state index in [1.807, 2.05) is 12.1 Å². The molecule has 0 fully saturated rings. The van der Waals surface area contributed by atoms with Crippen molar-refractivity contribution in [3.63, 3.8) is 0 Å². The lowest BCUT2D eigenvalue weighted by atomic mass is 9.96. The highest BCUT2D eigenvalue weighted by Crippen LogP contribution is 2.27. The van der Waals surface area contributed by atoms with Gasteiger partial charge in [-0.2, -0.15) is 0 Å². The third kappa shape index (κ3) is 3.95. The lowest BCUT2D eigenvalue weighted by Crippen LogP contribution is -2.22. The van der Waals surface area contributed by atoms with Crippen molar-refractivity contribution in [3.8, 4) is 0 Å². The minimum atomic E-state index is 0.177. The van der Waals surface area contributed by atoms with E-state index in [1.54, 1.807) is 6.07 Å². The van der Waals surface area contributed by atoms with E-state index in [-0.39, 0.29) is 12.5 Å². The second kappa shape index (κ2) is 7.13. The molecule has 0 unspecified atom stereocenters. The van der Waals surface area contributed by atoms with Crippen LogP contribution < -0.4 is 5.32 Å². The van der Waals surface area contributed by atoms with E-state index in [4.69, 9.17) is 28.3 Å². The van der Waals surface area contributed by atoms with Gasteiger partial charge in [0.2, 0.25) is 0 Å². The van der Waals surface area contributed by atoms with Crippen molar-refractivity contribution in [1.82, 2.24) is 5.32 Å². The van der Waals surface area contributed by atoms with Gasteiger partial charge in [-0.3, -0.25) is 0 Å². The second-order valence-electron chi connectivity index (χ2n) is 3.69. The molecule has 1 aromatic rings. The molecule has 2 nitrogen and oxygen atoms in total. The van der Waals surface area contributed by atoms with E-state index >= 15 is 0 Å². The Bertz CT molecular complexity index is 331. The third-order valence-corrected chi connectivity index (χ3v) is 3.27. The summed E-state index contributed by atoms with van der Waals surface area (Å²) in [6.45, 7) is 4.00. The summed E-state index contributed by atoms with van der Waals surface area (Å²) in [5.74, 6) is 0.278. The Hall–Kier alpha value is -0.280. The first-order chi connectivity index (χ1) is 7.69. The molecular weight excluding hydrogens is 245 g/mol. The highest BCUT2D eigenvalue weighted by atomic mass is 35.5. The van der Waals surface area contributed by atoms with Gasteiger partial charge in [-0.05, 0) is 36.6 Å². The van der Waals surface area contributed by atoms with Crippen molar-refractivity contribution in [2.45, 2.75) is 19.3 Å². The molecular formula is C12H17Cl2NO. The predicted molar refractivity (Wildman–Crippen MR) is 69.4 cm³/mol. The molecule has 4 heteroatoms. The van der Waals surface area contributed by atoms with Gasteiger partial charge in [0.1, 0.15) is 0 Å². The zero-order chi connectivity index (χ0) is 12.0. The quantitative estimate of drug-likeness (QED) is 0.825. The summed E-state index contributed by atoms with van der Waals surface area (Å²) in [7, 11) is 0. The Kier molecular flexibility index (Phi) is 6.14. The number of benzene rings is 1. The number of aliphatic hydroxyl groups excluding tert-OH is 1. The molecule has 0 aromatic heterocycles. The van der Waals surface area contributed by atoms with Crippen LogP contribution in [0.2, 0.25) is 10.0 Å². The number of halogens is 2. The minimum absolute atomic E-state index is 0.177. The van der Waals surface area contributed by atoms with E-state index in [2.05, 4.69) is 12.2 Å². The van der Waals surface area contributed by atoms with E-state index in [1.165, 1.54) is 0 Å². The van der Waals surface area contributed by atoms with Crippen LogP contribution in [-0.4, -0.2) is 24.8 Å². The van der Waals surface area contributed by atoms with Crippen molar-refractivity contribution >= 4 is 23.2 Å². The van der Waals surface area contributed by atoms with Crippen LogP contribution in [0.4, 0.5) is 0 Å². The van der Waals surface area contributed by atoms with Crippen LogP contribution >= 0.6 is 23.2 Å². The molecule has 1 aromatic carbocycles. The number of hydrogen-bond donors (Lipinski definition) is 2. The molecule has 0 aliphatic rings. The van der Waals surface area contributed by atoms with Crippen LogP contribution in [0.3, 0.4) is 0 Å². The molecule has 0 spiro atoms. The standard InChI is InChI=1S/C12H17Cl2NO/c1-2-15-8-10(5-6-16)9-3-4-11(13)12(14)7-9/h3-4,7,10,15-16H,2,5-6,8H2,1H3/t10-/m1/s1. The highest BCUT2D eigenvalue weighted by molar-refractivity contribution is 6.42. The Morgan fingerprint density at radius 1 is 1.31 bits per heavy atom. The monoisotopic (exact) mass is 261 g/mol. The van der Waals surface area contributed by atoms with Crippen LogP contribution in [0.5, 0.6) is 0 Å². The zero-order valence-electron chi connectivity index (χ0n) is 9.34. The molecule has 0 amide bonds. The molecule has 0 aliphatic heterocycles. The molecule has 0 saturated carbocycles. The zero-order valence-corrected chi connectivity index (χ0v) is 10.9. The van der Waals surface area contributed by atoms with Gasteiger partial charge in [0.25, 0.3) is 0 Å². The highest BCUT2D eigenvalue weighted by Gasteiger charge is 2.11. The summed E-state index contributed by atoms with van der Waals surface area (Å²) in [6, 6.07) is 5.64. The second-order valence-corrected chi connectivity index (χ2v) is 4.50. The smallest absolute Gasteiger partial charge is 0.0595 e. The summed E-state index contributed by atoms with van der Waals surface area (Å²) in [5, 5.41) is 13.4. The first kappa shape index (κ1) is 13.8. The van der Waals surface area contributed by atoms with Crippen molar-refractivity contribution < 1.29 is 5.11 Å². The number of hydrogen-bond acceptors (Lipinski definition) is 2. The number of likely N-dealkylation sites (N-methyl/N-ethyl adjacent to an activating group) is 1. The van der Waals surface area contributed by atoms with Gasteiger partial charge in [-0.25, -0.2) is 0 Å². The van der Waals surface area contributed by atoms with Crippen LogP contribution in [0.25, 0.3) is 0 Å². The molecule has 1 atom stereocenters. The number of nitrogens with one attached hydrogen (secondary N) is 1. The molecule has 0 radical (unpaired) electrons. The topological polar surface area (TPSA) is 32.3 Å². The van der Waals surface area contributed by atoms with Crippen molar-refractivity contribution in [2.75, 3.05) is 19.7 Å². The van der Waals surface area contributed by atoms with E-state index < -0.39 is 0 Å². The van der Waals surface area contributed by atoms with Gasteiger partial charge in [0, 0.05) is 13.2 Å². The van der Waals surface area contributed by atoms with Gasteiger partial charge in [-0.1, -0.05) is 36.2 Å². The van der Waals surface area contributed by atoms with Gasteiger partial charge >= 0.3 is 0 Å². The molecule has 0 saturated heterocycles. The van der Waals surface area contributed by atoms with Crippen molar-refractivity contribution in [1.29, 1.82) is 0 Å². The first-order valence-electron chi connectivity index (χ1n) is 5.45. The molecule has 2 N–H and O–H groups in total. The first-order valence-corrected chi connectivity index (χ1v) is 6.21. The Labute approximate surface area is 107 Å². The molecule has 0 aliphatic carbocycles. The molecule has 0 heterocycles. The fraction of sp³-hybridized carbons (Fsp3) is 0.500. The summed E-state index contributed by atoms with van der Waals surface area (Å²) in [4.78, 5) is 0. The maximum atomic E-state index is 9.03. The molecule has 1 rings (SSSR count). The number of aliphatic hydroxyl groups is 1. The van der Waals surface area contributed by atoms with Crippen LogP contribution in [0, 0.1) is 0 Å². The average Bonchev–Trinajstić information content (AvgIpc) is 2.28. The van der Waals surface area contributed by atoms with Gasteiger partial charge in [0.15, 0.2) is 0 Å². The van der Waals surface area contributed by atoms with Crippen LogP contribution in [0.1, 0.15) is 24.8 Å². The third-order valence-electron chi connectivity index (χ3n) is 2.53. The predicted octanol–water partition coefficient (Wildman–Crippen LogP) is 3.07. The Morgan fingerprint density at radius 3 is 2.62 bits per heavy atom. The SMILES string of the molecule is CCNC[C@@H](CCO)c1ccc(Cl)c(Cl)c1. The van der Waals surface area contributed by atoms with Crippen molar-refractivity contribution in [3.05, 3.63) is 33.8 Å². The summed E-state index contributed by atoms with van der Waals surface area (Å²) < 4.78 is 0. The average molecular weight is 262 g/mol. The van der Waals surface area contributed by atoms with Crippen LogP contribution in [-0.2, 0) is 0 Å². The molecule has 90 valence electrons. The van der Waals surface area contributed by atoms with E-state index in [0.717, 1.165) is 25.1 Å². The maximum Gasteiger partial charge on any atom is 0.0595 e. The summed E-state index contributed by atoms with van der Waals surface area (Å²) in [6.07, 6.45) is 0.727. The largest absolute Gasteiger partial charge is 0.396 e. The lowest BCUT2D eigenvalue weighted by molar-refractivity contribution is 0.274. The van der Waals surface area contributed by atoms with Crippen LogP contribution in [0.15, 0.2) is 18.2 Å². The van der Waals surface area contributed by atoms with Gasteiger partial charge in [-0.15, -0.1) is 0 Å². The van der Waals surface area contributed by atoms with E-state index in [9.17, 15) is 0 Å². The Morgan fingerprint density at radius 2 is 2.06 bits per heavy atom. The normalized spacial score (nSPS) is 12.8. The maximum absolute atomic E-state index is 9.03. The minimum Gasteiger partial charge on any atom is -0.396 e. The fourth-order valence-electron chi connectivity index (χ4n) is 1.63. The fourth-order valence-corrected chi connectivity index (χ4v) is 1.93.